The molecule has 1 aromatic heterocycles. The van der Waals surface area contributed by atoms with Gasteiger partial charge in [-0.15, -0.1) is 0 Å². The number of halogens is 2. The number of nitrogens with zero attached hydrogens (tertiary/aromatic N) is 3. The Hall–Kier alpha value is -2.05. The van der Waals surface area contributed by atoms with Gasteiger partial charge in [0.1, 0.15) is 0 Å². The highest BCUT2D eigenvalue weighted by Gasteiger charge is 2.05. The van der Waals surface area contributed by atoms with Crippen LogP contribution in [-0.2, 0) is 0 Å². The zero-order valence-electron chi connectivity index (χ0n) is 13.8. The summed E-state index contributed by atoms with van der Waals surface area (Å²) in [6, 6.07) is 17.8. The Morgan fingerprint density at radius 1 is 0.920 bits per heavy atom. The van der Waals surface area contributed by atoms with Crippen LogP contribution in [0.4, 0.5) is 5.82 Å². The number of hydrogen-bond acceptors (Lipinski definition) is 4. The van der Waals surface area contributed by atoms with Gasteiger partial charge in [0, 0.05) is 26.3 Å². The Kier molecular flexibility index (Phi) is 5.60. The number of rotatable bonds is 4. The van der Waals surface area contributed by atoms with Crippen molar-refractivity contribution in [3.05, 3.63) is 74.8 Å². The van der Waals surface area contributed by atoms with Crippen molar-refractivity contribution in [2.45, 2.75) is 13.8 Å². The molecule has 0 atom stereocenters. The van der Waals surface area contributed by atoms with E-state index in [-0.39, 0.29) is 0 Å². The zero-order chi connectivity index (χ0) is 17.8. The molecule has 6 heteroatoms. The molecule has 0 saturated heterocycles. The molecule has 0 radical (unpaired) electrons. The molecule has 1 heterocycles. The highest BCUT2D eigenvalue weighted by molar-refractivity contribution is 9.10. The second kappa shape index (κ2) is 7.89. The standard InChI is InChI=1S/C19H16Br2N4/c1-12-11-18(23-19(22-12)15-5-9-17(21)10-6-15)25-24-13(2)14-3-7-16(20)8-4-14/h3-11H,1-2H3,(H,22,23,25)/b24-13-. The summed E-state index contributed by atoms with van der Waals surface area (Å²) in [5.74, 6) is 1.34. The van der Waals surface area contributed by atoms with Gasteiger partial charge < -0.3 is 0 Å². The molecule has 0 spiro atoms. The van der Waals surface area contributed by atoms with Gasteiger partial charge in [-0.1, -0.05) is 56.1 Å². The van der Waals surface area contributed by atoms with Gasteiger partial charge in [-0.25, -0.2) is 9.97 Å². The highest BCUT2D eigenvalue weighted by atomic mass is 79.9. The molecule has 1 N–H and O–H groups in total. The van der Waals surface area contributed by atoms with Crippen molar-refractivity contribution in [1.29, 1.82) is 0 Å². The van der Waals surface area contributed by atoms with Gasteiger partial charge in [0.15, 0.2) is 11.6 Å². The zero-order valence-corrected chi connectivity index (χ0v) is 17.0. The number of aromatic nitrogens is 2. The Balaban J connectivity index is 1.84. The van der Waals surface area contributed by atoms with E-state index in [2.05, 4.69) is 52.4 Å². The lowest BCUT2D eigenvalue weighted by atomic mass is 10.1. The average Bonchev–Trinajstić information content (AvgIpc) is 2.60. The molecule has 0 aliphatic carbocycles. The van der Waals surface area contributed by atoms with E-state index in [0.29, 0.717) is 11.6 Å². The summed E-state index contributed by atoms with van der Waals surface area (Å²) in [7, 11) is 0. The Bertz CT molecular complexity index is 904. The van der Waals surface area contributed by atoms with Crippen LogP contribution in [0.2, 0.25) is 0 Å². The lowest BCUT2D eigenvalue weighted by Gasteiger charge is -2.07. The average molecular weight is 460 g/mol. The molecule has 0 saturated carbocycles. The molecule has 3 aromatic rings. The molecule has 25 heavy (non-hydrogen) atoms. The van der Waals surface area contributed by atoms with E-state index in [4.69, 9.17) is 0 Å². The van der Waals surface area contributed by atoms with Gasteiger partial charge in [-0.2, -0.15) is 5.10 Å². The third kappa shape index (κ3) is 4.74. The molecule has 0 amide bonds. The van der Waals surface area contributed by atoms with Crippen molar-refractivity contribution < 1.29 is 0 Å². The van der Waals surface area contributed by atoms with Crippen molar-refractivity contribution in [2.24, 2.45) is 5.10 Å². The largest absolute Gasteiger partial charge is 0.261 e. The molecule has 0 aliphatic heterocycles. The second-order valence-electron chi connectivity index (χ2n) is 5.54. The van der Waals surface area contributed by atoms with Crippen LogP contribution in [0.5, 0.6) is 0 Å². The molecule has 4 nitrogen and oxygen atoms in total. The fourth-order valence-electron chi connectivity index (χ4n) is 2.25. The lowest BCUT2D eigenvalue weighted by Crippen LogP contribution is -2.02. The van der Waals surface area contributed by atoms with Crippen LogP contribution in [0.3, 0.4) is 0 Å². The van der Waals surface area contributed by atoms with E-state index < -0.39 is 0 Å². The first-order valence-electron chi connectivity index (χ1n) is 7.69. The summed E-state index contributed by atoms with van der Waals surface area (Å²) in [5, 5.41) is 4.44. The summed E-state index contributed by atoms with van der Waals surface area (Å²) in [5.41, 5.74) is 6.81. The molecular formula is C19H16Br2N4. The third-order valence-corrected chi connectivity index (χ3v) is 4.61. The van der Waals surface area contributed by atoms with E-state index >= 15 is 0 Å². The van der Waals surface area contributed by atoms with Crippen LogP contribution in [0.1, 0.15) is 18.2 Å². The van der Waals surface area contributed by atoms with Crippen LogP contribution in [0.25, 0.3) is 11.4 Å². The predicted molar refractivity (Wildman–Crippen MR) is 110 cm³/mol. The molecule has 0 unspecified atom stereocenters. The quantitative estimate of drug-likeness (QED) is 0.395. The number of anilines is 1. The van der Waals surface area contributed by atoms with Crippen molar-refractivity contribution >= 4 is 43.4 Å². The monoisotopic (exact) mass is 458 g/mol. The normalized spacial score (nSPS) is 11.4. The fraction of sp³-hybridized carbons (Fsp3) is 0.105. The minimum Gasteiger partial charge on any atom is -0.261 e. The summed E-state index contributed by atoms with van der Waals surface area (Å²) < 4.78 is 2.07. The molecule has 0 bridgehead atoms. The van der Waals surface area contributed by atoms with Gasteiger partial charge in [0.25, 0.3) is 0 Å². The van der Waals surface area contributed by atoms with Crippen LogP contribution in [0.15, 0.2) is 68.6 Å². The molecule has 0 aliphatic rings. The van der Waals surface area contributed by atoms with Crippen molar-refractivity contribution in [3.8, 4) is 11.4 Å². The van der Waals surface area contributed by atoms with Crippen LogP contribution in [0, 0.1) is 6.92 Å². The molecule has 3 rings (SSSR count). The minimum absolute atomic E-state index is 0.668. The maximum Gasteiger partial charge on any atom is 0.161 e. The summed E-state index contributed by atoms with van der Waals surface area (Å²) in [6.45, 7) is 3.90. The number of benzene rings is 2. The topological polar surface area (TPSA) is 50.2 Å². The van der Waals surface area contributed by atoms with E-state index in [1.165, 1.54) is 0 Å². The molecular weight excluding hydrogens is 444 g/mol. The fourth-order valence-corrected chi connectivity index (χ4v) is 2.78. The van der Waals surface area contributed by atoms with Crippen molar-refractivity contribution in [3.63, 3.8) is 0 Å². The van der Waals surface area contributed by atoms with Crippen molar-refractivity contribution in [1.82, 2.24) is 9.97 Å². The van der Waals surface area contributed by atoms with E-state index in [9.17, 15) is 0 Å². The van der Waals surface area contributed by atoms with Crippen LogP contribution >= 0.6 is 31.9 Å². The Morgan fingerprint density at radius 2 is 1.52 bits per heavy atom. The van der Waals surface area contributed by atoms with Gasteiger partial charge >= 0.3 is 0 Å². The molecule has 126 valence electrons. The number of aryl methyl sites for hydroxylation is 1. The smallest absolute Gasteiger partial charge is 0.161 e. The number of hydrazone groups is 1. The maximum absolute atomic E-state index is 4.56. The number of hydrogen-bond donors (Lipinski definition) is 1. The number of nitrogens with one attached hydrogen (secondary N) is 1. The summed E-state index contributed by atoms with van der Waals surface area (Å²) >= 11 is 6.88. The molecule has 2 aromatic carbocycles. The highest BCUT2D eigenvalue weighted by Crippen LogP contribution is 2.20. The van der Waals surface area contributed by atoms with Gasteiger partial charge in [0.2, 0.25) is 0 Å². The van der Waals surface area contributed by atoms with E-state index in [0.717, 1.165) is 31.5 Å². The first kappa shape index (κ1) is 17.8. The van der Waals surface area contributed by atoms with Gasteiger partial charge in [-0.05, 0) is 43.7 Å². The second-order valence-corrected chi connectivity index (χ2v) is 7.37. The van der Waals surface area contributed by atoms with Gasteiger partial charge in [0.05, 0.1) is 5.71 Å². The predicted octanol–water partition coefficient (Wildman–Crippen LogP) is 5.81. The van der Waals surface area contributed by atoms with Crippen molar-refractivity contribution in [2.75, 3.05) is 5.43 Å². The Morgan fingerprint density at radius 3 is 2.16 bits per heavy atom. The van der Waals surface area contributed by atoms with E-state index in [1.54, 1.807) is 0 Å². The summed E-state index contributed by atoms with van der Waals surface area (Å²) in [6.07, 6.45) is 0. The minimum atomic E-state index is 0.668. The lowest BCUT2D eigenvalue weighted by molar-refractivity contribution is 1.09. The van der Waals surface area contributed by atoms with E-state index in [1.807, 2.05) is 68.4 Å². The van der Waals surface area contributed by atoms with Crippen LogP contribution in [-0.4, -0.2) is 15.7 Å². The Labute approximate surface area is 163 Å². The third-order valence-electron chi connectivity index (χ3n) is 3.56. The first-order valence-corrected chi connectivity index (χ1v) is 9.28. The van der Waals surface area contributed by atoms with Gasteiger partial charge in [-0.3, -0.25) is 5.43 Å². The molecule has 0 fully saturated rings. The SMILES string of the molecule is C/C(=N/Nc1cc(C)nc(-c2ccc(Br)cc2)n1)c1ccc(Br)cc1. The maximum atomic E-state index is 4.56. The summed E-state index contributed by atoms with van der Waals surface area (Å²) in [4.78, 5) is 9.07. The van der Waals surface area contributed by atoms with Crippen LogP contribution < -0.4 is 5.43 Å². The first-order chi connectivity index (χ1) is 12.0.